The number of aliphatic carboxylic acids is 1. The average molecular weight is 227 g/mol. The molecule has 0 saturated carbocycles. The van der Waals surface area contributed by atoms with Gasteiger partial charge in [0.25, 0.3) is 0 Å². The number of hydrogen-bond acceptors (Lipinski definition) is 3. The molecule has 0 spiro atoms. The summed E-state index contributed by atoms with van der Waals surface area (Å²) < 4.78 is 17.6. The summed E-state index contributed by atoms with van der Waals surface area (Å²) in [5.74, 6) is -1.89. The van der Waals surface area contributed by atoms with Crippen molar-refractivity contribution in [3.63, 3.8) is 0 Å². The van der Waals surface area contributed by atoms with Gasteiger partial charge in [-0.2, -0.15) is 0 Å². The number of nitrogens with one attached hydrogen (secondary N) is 1. The second-order valence-electron chi connectivity index (χ2n) is 2.89. The fourth-order valence-electron chi connectivity index (χ4n) is 0.935. The number of ether oxygens (including phenoxy) is 1. The summed E-state index contributed by atoms with van der Waals surface area (Å²) in [6.07, 6.45) is -1.10. The molecule has 0 atom stereocenters. The molecule has 0 aliphatic rings. The van der Waals surface area contributed by atoms with E-state index in [1.807, 2.05) is 0 Å². The van der Waals surface area contributed by atoms with E-state index in [1.165, 1.54) is 18.2 Å². The van der Waals surface area contributed by atoms with Gasteiger partial charge in [0.2, 0.25) is 0 Å². The fourth-order valence-corrected chi connectivity index (χ4v) is 0.935. The highest BCUT2D eigenvalue weighted by atomic mass is 19.1. The SMILES string of the molecule is O=C(O)CCNC(=O)Oc1ccccc1F. The standard InChI is InChI=1S/C10H10FNO4/c11-7-3-1-2-4-8(7)16-10(15)12-6-5-9(13)14/h1-4H,5-6H2,(H,12,15)(H,13,14). The van der Waals surface area contributed by atoms with E-state index in [-0.39, 0.29) is 18.7 Å². The third-order valence-corrected chi connectivity index (χ3v) is 1.65. The molecule has 86 valence electrons. The molecule has 0 fully saturated rings. The summed E-state index contributed by atoms with van der Waals surface area (Å²) in [6.45, 7) is -0.0668. The molecule has 1 aromatic rings. The Balaban J connectivity index is 2.40. The van der Waals surface area contributed by atoms with Gasteiger partial charge < -0.3 is 15.2 Å². The predicted octanol–water partition coefficient (Wildman–Crippen LogP) is 1.39. The predicted molar refractivity (Wildman–Crippen MR) is 52.7 cm³/mol. The van der Waals surface area contributed by atoms with Crippen molar-refractivity contribution in [2.45, 2.75) is 6.42 Å². The molecule has 0 saturated heterocycles. The summed E-state index contributed by atoms with van der Waals surface area (Å²) >= 11 is 0. The van der Waals surface area contributed by atoms with Crippen LogP contribution in [0.1, 0.15) is 6.42 Å². The summed E-state index contributed by atoms with van der Waals surface area (Å²) in [5, 5.41) is 10.5. The van der Waals surface area contributed by atoms with E-state index < -0.39 is 17.9 Å². The van der Waals surface area contributed by atoms with Gasteiger partial charge >= 0.3 is 12.1 Å². The second kappa shape index (κ2) is 5.69. The maximum atomic E-state index is 13.0. The largest absolute Gasteiger partial charge is 0.481 e. The zero-order valence-electron chi connectivity index (χ0n) is 8.27. The molecule has 1 rings (SSSR count). The Morgan fingerprint density at radius 3 is 2.69 bits per heavy atom. The van der Waals surface area contributed by atoms with Gasteiger partial charge in [-0.05, 0) is 12.1 Å². The Labute approximate surface area is 90.8 Å². The van der Waals surface area contributed by atoms with Crippen molar-refractivity contribution in [3.8, 4) is 5.75 Å². The van der Waals surface area contributed by atoms with Crippen molar-refractivity contribution in [3.05, 3.63) is 30.1 Å². The zero-order chi connectivity index (χ0) is 12.0. The number of carboxylic acid groups (broad SMARTS) is 1. The Morgan fingerprint density at radius 2 is 2.06 bits per heavy atom. The van der Waals surface area contributed by atoms with Crippen LogP contribution in [-0.4, -0.2) is 23.7 Å². The van der Waals surface area contributed by atoms with Gasteiger partial charge in [-0.1, -0.05) is 12.1 Å². The highest BCUT2D eigenvalue weighted by molar-refractivity contribution is 5.72. The smallest absolute Gasteiger partial charge is 0.412 e. The lowest BCUT2D eigenvalue weighted by Crippen LogP contribution is -2.29. The molecule has 6 heteroatoms. The van der Waals surface area contributed by atoms with Crippen LogP contribution in [0.15, 0.2) is 24.3 Å². The second-order valence-corrected chi connectivity index (χ2v) is 2.89. The van der Waals surface area contributed by atoms with E-state index in [2.05, 4.69) is 10.1 Å². The minimum absolute atomic E-state index is 0.0668. The Hall–Kier alpha value is -2.11. The lowest BCUT2D eigenvalue weighted by molar-refractivity contribution is -0.136. The molecular formula is C10H10FNO4. The molecule has 0 aliphatic carbocycles. The summed E-state index contributed by atoms with van der Waals surface area (Å²) in [5.41, 5.74) is 0. The zero-order valence-corrected chi connectivity index (χ0v) is 8.27. The number of rotatable bonds is 4. The lowest BCUT2D eigenvalue weighted by atomic mass is 10.3. The normalized spacial score (nSPS) is 9.56. The fraction of sp³-hybridized carbons (Fsp3) is 0.200. The van der Waals surface area contributed by atoms with Crippen LogP contribution in [0.3, 0.4) is 0 Å². The van der Waals surface area contributed by atoms with Gasteiger partial charge in [-0.25, -0.2) is 9.18 Å². The molecule has 0 bridgehead atoms. The molecule has 16 heavy (non-hydrogen) atoms. The van der Waals surface area contributed by atoms with Crippen LogP contribution >= 0.6 is 0 Å². The van der Waals surface area contributed by atoms with Crippen molar-refractivity contribution in [2.24, 2.45) is 0 Å². The van der Waals surface area contributed by atoms with Crippen LogP contribution < -0.4 is 10.1 Å². The number of halogens is 1. The first-order valence-corrected chi connectivity index (χ1v) is 4.51. The van der Waals surface area contributed by atoms with E-state index in [1.54, 1.807) is 0 Å². The molecule has 0 unspecified atom stereocenters. The Morgan fingerprint density at radius 1 is 1.38 bits per heavy atom. The molecule has 5 nitrogen and oxygen atoms in total. The van der Waals surface area contributed by atoms with E-state index in [4.69, 9.17) is 5.11 Å². The third-order valence-electron chi connectivity index (χ3n) is 1.65. The molecule has 0 radical (unpaired) electrons. The van der Waals surface area contributed by atoms with Crippen molar-refractivity contribution < 1.29 is 23.8 Å². The van der Waals surface area contributed by atoms with Gasteiger partial charge in [-0.15, -0.1) is 0 Å². The van der Waals surface area contributed by atoms with Crippen LogP contribution in [0, 0.1) is 5.82 Å². The topological polar surface area (TPSA) is 75.6 Å². The van der Waals surface area contributed by atoms with Crippen molar-refractivity contribution in [2.75, 3.05) is 6.54 Å². The van der Waals surface area contributed by atoms with Gasteiger partial charge in [0, 0.05) is 6.54 Å². The number of hydrogen-bond donors (Lipinski definition) is 2. The van der Waals surface area contributed by atoms with Crippen molar-refractivity contribution >= 4 is 12.1 Å². The maximum absolute atomic E-state index is 13.0. The first-order chi connectivity index (χ1) is 7.59. The average Bonchev–Trinajstić information content (AvgIpc) is 2.21. The van der Waals surface area contributed by atoms with E-state index >= 15 is 0 Å². The molecule has 0 aliphatic heterocycles. The number of carboxylic acids is 1. The van der Waals surface area contributed by atoms with Crippen LogP contribution in [0.4, 0.5) is 9.18 Å². The Kier molecular flexibility index (Phi) is 4.26. The molecular weight excluding hydrogens is 217 g/mol. The van der Waals surface area contributed by atoms with Crippen LogP contribution in [0.25, 0.3) is 0 Å². The first kappa shape index (κ1) is 12.0. The van der Waals surface area contributed by atoms with Gasteiger partial charge in [0.05, 0.1) is 6.42 Å². The van der Waals surface area contributed by atoms with E-state index in [0.29, 0.717) is 0 Å². The quantitative estimate of drug-likeness (QED) is 0.814. The van der Waals surface area contributed by atoms with Gasteiger partial charge in [0.15, 0.2) is 11.6 Å². The summed E-state index contributed by atoms with van der Waals surface area (Å²) in [7, 11) is 0. The number of carbonyl (C=O) groups excluding carboxylic acids is 1. The van der Waals surface area contributed by atoms with E-state index in [9.17, 15) is 14.0 Å². The monoisotopic (exact) mass is 227 g/mol. The molecule has 2 N–H and O–H groups in total. The minimum Gasteiger partial charge on any atom is -0.481 e. The van der Waals surface area contributed by atoms with Crippen LogP contribution in [0.5, 0.6) is 5.75 Å². The molecule has 0 heterocycles. The van der Waals surface area contributed by atoms with Gasteiger partial charge in [-0.3, -0.25) is 4.79 Å². The Bertz CT molecular complexity index is 394. The van der Waals surface area contributed by atoms with Crippen LogP contribution in [0.2, 0.25) is 0 Å². The minimum atomic E-state index is -1.04. The summed E-state index contributed by atoms with van der Waals surface area (Å²) in [4.78, 5) is 21.2. The van der Waals surface area contributed by atoms with Crippen molar-refractivity contribution in [1.29, 1.82) is 0 Å². The lowest BCUT2D eigenvalue weighted by Gasteiger charge is -2.05. The number of para-hydroxylation sites is 1. The van der Waals surface area contributed by atoms with E-state index in [0.717, 1.165) is 6.07 Å². The highest BCUT2D eigenvalue weighted by Crippen LogP contribution is 2.15. The van der Waals surface area contributed by atoms with Crippen LogP contribution in [-0.2, 0) is 4.79 Å². The molecule has 0 aromatic heterocycles. The number of amides is 1. The maximum Gasteiger partial charge on any atom is 0.412 e. The first-order valence-electron chi connectivity index (χ1n) is 4.51. The number of carbonyl (C=O) groups is 2. The summed E-state index contributed by atoms with van der Waals surface area (Å²) in [6, 6.07) is 5.43. The molecule has 1 aromatic carbocycles. The van der Waals surface area contributed by atoms with Crippen molar-refractivity contribution in [1.82, 2.24) is 5.32 Å². The highest BCUT2D eigenvalue weighted by Gasteiger charge is 2.08. The third kappa shape index (κ3) is 3.95. The number of benzene rings is 1. The van der Waals surface area contributed by atoms with Gasteiger partial charge in [0.1, 0.15) is 0 Å². The molecule has 1 amide bonds.